The first kappa shape index (κ1) is 21.7. The predicted octanol–water partition coefficient (Wildman–Crippen LogP) is 7.55. The zero-order chi connectivity index (χ0) is 21.0. The molecule has 0 bridgehead atoms. The highest BCUT2D eigenvalue weighted by molar-refractivity contribution is 5.25. The van der Waals surface area contributed by atoms with Gasteiger partial charge in [-0.15, -0.1) is 0 Å². The Morgan fingerprint density at radius 3 is 2.59 bits per heavy atom. The molecule has 1 N–H and O–H groups in total. The van der Waals surface area contributed by atoms with Crippen molar-refractivity contribution >= 4 is 0 Å². The van der Waals surface area contributed by atoms with Gasteiger partial charge in [0.25, 0.3) is 0 Å². The first-order valence-corrected chi connectivity index (χ1v) is 12.7. The Hall–Kier alpha value is -0.560. The Morgan fingerprint density at radius 2 is 1.86 bits per heavy atom. The van der Waals surface area contributed by atoms with E-state index in [1.54, 1.807) is 5.57 Å². The first-order valence-electron chi connectivity index (χ1n) is 12.7. The zero-order valence-electron chi connectivity index (χ0n) is 19.8. The third-order valence-corrected chi connectivity index (χ3v) is 10.7. The highest BCUT2D eigenvalue weighted by Crippen LogP contribution is 2.67. The summed E-state index contributed by atoms with van der Waals surface area (Å²) in [5.74, 6) is 5.11. The Bertz CT molecular complexity index is 661. The van der Waals surface area contributed by atoms with E-state index >= 15 is 0 Å². The van der Waals surface area contributed by atoms with Gasteiger partial charge in [-0.2, -0.15) is 0 Å². The van der Waals surface area contributed by atoms with Crippen molar-refractivity contribution in [2.75, 3.05) is 0 Å². The van der Waals surface area contributed by atoms with Crippen LogP contribution in [-0.4, -0.2) is 11.2 Å². The highest BCUT2D eigenvalue weighted by atomic mass is 16.3. The fraction of sp³-hybridized carbons (Fsp3) is 0.857. The van der Waals surface area contributed by atoms with Crippen LogP contribution in [0.25, 0.3) is 0 Å². The molecule has 1 nitrogen and oxygen atoms in total. The van der Waals surface area contributed by atoms with Crippen LogP contribution >= 0.6 is 0 Å². The van der Waals surface area contributed by atoms with E-state index in [0.29, 0.717) is 16.7 Å². The molecule has 9 atom stereocenters. The van der Waals surface area contributed by atoms with Gasteiger partial charge in [0.2, 0.25) is 0 Å². The molecule has 0 unspecified atom stereocenters. The molecule has 29 heavy (non-hydrogen) atoms. The Labute approximate surface area is 180 Å². The fourth-order valence-electron chi connectivity index (χ4n) is 8.58. The van der Waals surface area contributed by atoms with Crippen LogP contribution in [0.15, 0.2) is 23.8 Å². The number of aliphatic hydroxyl groups is 1. The molecule has 4 aliphatic rings. The minimum absolute atomic E-state index is 0.0852. The fourth-order valence-corrected chi connectivity index (χ4v) is 8.58. The van der Waals surface area contributed by atoms with Gasteiger partial charge < -0.3 is 5.11 Å². The summed E-state index contributed by atoms with van der Waals surface area (Å²) in [6.45, 7) is 16.5. The third kappa shape index (κ3) is 3.58. The second kappa shape index (κ2) is 7.85. The van der Waals surface area contributed by atoms with E-state index in [1.165, 1.54) is 56.9 Å². The maximum Gasteiger partial charge on any atom is 0.0577 e. The average Bonchev–Trinajstić information content (AvgIpc) is 3.03. The van der Waals surface area contributed by atoms with Gasteiger partial charge >= 0.3 is 0 Å². The van der Waals surface area contributed by atoms with Crippen LogP contribution in [0.5, 0.6) is 0 Å². The van der Waals surface area contributed by atoms with Crippen molar-refractivity contribution in [3.63, 3.8) is 0 Å². The molecule has 1 heteroatoms. The molecule has 0 spiro atoms. The minimum atomic E-state index is -0.0852. The zero-order valence-corrected chi connectivity index (χ0v) is 19.8. The van der Waals surface area contributed by atoms with E-state index in [9.17, 15) is 5.11 Å². The monoisotopic (exact) mass is 398 g/mol. The van der Waals surface area contributed by atoms with Crippen LogP contribution in [-0.2, 0) is 0 Å². The van der Waals surface area contributed by atoms with Crippen molar-refractivity contribution in [2.24, 2.45) is 46.3 Å². The van der Waals surface area contributed by atoms with Crippen molar-refractivity contribution in [3.05, 3.63) is 23.8 Å². The summed E-state index contributed by atoms with van der Waals surface area (Å²) in [5.41, 5.74) is 3.90. The van der Waals surface area contributed by atoms with Crippen LogP contribution in [0.3, 0.4) is 0 Å². The number of rotatable bonds is 5. The van der Waals surface area contributed by atoms with Crippen molar-refractivity contribution < 1.29 is 5.11 Å². The van der Waals surface area contributed by atoms with E-state index in [2.05, 4.69) is 47.3 Å². The van der Waals surface area contributed by atoms with Gasteiger partial charge in [0.15, 0.2) is 0 Å². The van der Waals surface area contributed by atoms with E-state index in [4.69, 9.17) is 0 Å². The molecule has 164 valence electrons. The van der Waals surface area contributed by atoms with Gasteiger partial charge in [0, 0.05) is 0 Å². The van der Waals surface area contributed by atoms with Gasteiger partial charge in [-0.05, 0) is 117 Å². The molecule has 4 rings (SSSR count). The molecule has 3 saturated carbocycles. The normalized spacial score (nSPS) is 46.1. The summed E-state index contributed by atoms with van der Waals surface area (Å²) in [7, 11) is 0. The SMILES string of the molecule is C=C(C)[C@H](C)CC[C@@H](C)[C@H]1CC[C@H]2[C@@H]3CC=C4C[C@@H](O)CC[C@]4(C)[C@H]3CC[C@]12C. The van der Waals surface area contributed by atoms with Gasteiger partial charge in [0.1, 0.15) is 0 Å². The molecule has 0 heterocycles. The summed E-state index contributed by atoms with van der Waals surface area (Å²) in [6, 6.07) is 0. The Balaban J connectivity index is 1.49. The summed E-state index contributed by atoms with van der Waals surface area (Å²) >= 11 is 0. The van der Waals surface area contributed by atoms with E-state index in [1.807, 2.05) is 0 Å². The van der Waals surface area contributed by atoms with Gasteiger partial charge in [-0.3, -0.25) is 0 Å². The lowest BCUT2D eigenvalue weighted by molar-refractivity contribution is -0.0573. The van der Waals surface area contributed by atoms with Crippen molar-refractivity contribution in [1.82, 2.24) is 0 Å². The highest BCUT2D eigenvalue weighted by Gasteiger charge is 2.59. The van der Waals surface area contributed by atoms with Crippen molar-refractivity contribution in [1.29, 1.82) is 0 Å². The van der Waals surface area contributed by atoms with Crippen LogP contribution in [0.4, 0.5) is 0 Å². The lowest BCUT2D eigenvalue weighted by Gasteiger charge is -2.58. The number of hydrogen-bond acceptors (Lipinski definition) is 1. The summed E-state index contributed by atoms with van der Waals surface area (Å²) in [4.78, 5) is 0. The molecular formula is C28H46O. The predicted molar refractivity (Wildman–Crippen MR) is 124 cm³/mol. The van der Waals surface area contributed by atoms with Crippen molar-refractivity contribution in [2.45, 2.75) is 105 Å². The van der Waals surface area contributed by atoms with Crippen LogP contribution in [0.1, 0.15) is 98.8 Å². The first-order chi connectivity index (χ1) is 13.7. The molecule has 0 aromatic rings. The summed E-state index contributed by atoms with van der Waals surface area (Å²) < 4.78 is 0. The number of hydrogen-bond donors (Lipinski definition) is 1. The molecule has 0 amide bonds. The molecule has 0 aliphatic heterocycles. The molecule has 0 aromatic heterocycles. The summed E-state index contributed by atoms with van der Waals surface area (Å²) in [6.07, 6.45) is 15.4. The second-order valence-electron chi connectivity index (χ2n) is 12.2. The second-order valence-corrected chi connectivity index (χ2v) is 12.2. The van der Waals surface area contributed by atoms with Crippen LogP contribution in [0, 0.1) is 46.3 Å². The molecule has 0 aromatic carbocycles. The maximum absolute atomic E-state index is 10.2. The van der Waals surface area contributed by atoms with Crippen LogP contribution in [0.2, 0.25) is 0 Å². The Kier molecular flexibility index (Phi) is 5.86. The van der Waals surface area contributed by atoms with Crippen LogP contribution < -0.4 is 0 Å². The van der Waals surface area contributed by atoms with Gasteiger partial charge in [0.05, 0.1) is 6.10 Å². The average molecular weight is 399 g/mol. The molecule has 3 fully saturated rings. The molecular weight excluding hydrogens is 352 g/mol. The third-order valence-electron chi connectivity index (χ3n) is 10.7. The Morgan fingerprint density at radius 1 is 1.10 bits per heavy atom. The largest absolute Gasteiger partial charge is 0.393 e. The van der Waals surface area contributed by atoms with Gasteiger partial charge in [-0.25, -0.2) is 0 Å². The summed E-state index contributed by atoms with van der Waals surface area (Å²) in [5, 5.41) is 10.2. The number of aliphatic hydroxyl groups excluding tert-OH is 1. The topological polar surface area (TPSA) is 20.2 Å². The van der Waals surface area contributed by atoms with E-state index in [-0.39, 0.29) is 6.10 Å². The number of fused-ring (bicyclic) bond motifs is 5. The standard InChI is InChI=1S/C28H46O/c1-18(2)19(3)7-8-20(4)24-11-12-25-23-10-9-21-17-22(29)13-15-27(21,5)26(23)14-16-28(24,25)6/h9,19-20,22-26,29H,1,7-8,10-17H2,2-6H3/t19-,20-,22+,23+,24-,25+,26+,27+,28-/m1/s1. The molecule has 0 radical (unpaired) electrons. The van der Waals surface area contributed by atoms with Crippen molar-refractivity contribution in [3.8, 4) is 0 Å². The molecule has 4 aliphatic carbocycles. The van der Waals surface area contributed by atoms with Gasteiger partial charge in [-0.1, -0.05) is 51.5 Å². The lowest BCUT2D eigenvalue weighted by Crippen LogP contribution is -2.50. The smallest absolute Gasteiger partial charge is 0.0577 e. The number of allylic oxidation sites excluding steroid dienone is 2. The molecule has 0 saturated heterocycles. The minimum Gasteiger partial charge on any atom is -0.393 e. The quantitative estimate of drug-likeness (QED) is 0.474. The van der Waals surface area contributed by atoms with E-state index in [0.717, 1.165) is 42.4 Å². The lowest BCUT2D eigenvalue weighted by atomic mass is 9.47. The maximum atomic E-state index is 10.2. The van der Waals surface area contributed by atoms with E-state index < -0.39 is 0 Å².